The summed E-state index contributed by atoms with van der Waals surface area (Å²) < 4.78 is 14.3. The quantitative estimate of drug-likeness (QED) is 0.149. The summed E-state index contributed by atoms with van der Waals surface area (Å²) in [7, 11) is 0. The lowest BCUT2D eigenvalue weighted by atomic mass is 9.80. The molecular formula is C110H70O2. The molecule has 2 aliphatic carbocycles. The standard InChI is InChI=1S/C110H70O2/c1-109(2)95-55-54-90-89-48-42-68-57-66(41-46-73(68)107(89)112-108(90)106(95)91-49-44-70(60-97(91)109)102-81-33-17-21-37-85(81)104(86-38-22-18-34-82(86)102)88-53-51-72(64-25-9-6-10-26-64)75-28-12-14-30-77(75)88)67-40-39-65-45-56-99-105(92(65)58-67)94-61-98-93(62-100(94)111-99)78-47-43-69(59-96(78)110(98,3)4)101-79-31-15-19-35-83(79)103(84-36-20-16-32-80(84)101)87-52-50-71(63-23-7-5-8-24-63)74-27-11-13-29-76(74)87/h5-62H,1-4H3. The first kappa shape index (κ1) is 63.1. The van der Waals surface area contributed by atoms with E-state index in [0.717, 1.165) is 65.8 Å². The van der Waals surface area contributed by atoms with Gasteiger partial charge in [-0.25, -0.2) is 0 Å². The fourth-order valence-electron chi connectivity index (χ4n) is 20.6. The molecule has 0 fully saturated rings. The van der Waals surface area contributed by atoms with Gasteiger partial charge in [-0.1, -0.05) is 325 Å². The molecule has 2 aliphatic rings. The van der Waals surface area contributed by atoms with Gasteiger partial charge < -0.3 is 8.83 Å². The lowest BCUT2D eigenvalue weighted by molar-refractivity contribution is 0.654. The Morgan fingerprint density at radius 3 is 1.12 bits per heavy atom. The third kappa shape index (κ3) is 8.86. The van der Waals surface area contributed by atoms with Gasteiger partial charge >= 0.3 is 0 Å². The molecule has 2 heteroatoms. The predicted molar refractivity (Wildman–Crippen MR) is 474 cm³/mol. The van der Waals surface area contributed by atoms with E-state index < -0.39 is 0 Å². The Morgan fingerprint density at radius 2 is 0.571 bits per heavy atom. The predicted octanol–water partition coefficient (Wildman–Crippen LogP) is 31.0. The molecule has 0 aliphatic heterocycles. The Bertz CT molecular complexity index is 7800. The summed E-state index contributed by atoms with van der Waals surface area (Å²) in [5.74, 6) is 0. The van der Waals surface area contributed by atoms with Gasteiger partial charge in [-0.15, -0.1) is 0 Å². The monoisotopic (exact) mass is 1420 g/mol. The van der Waals surface area contributed by atoms with Crippen molar-refractivity contribution >= 4 is 130 Å². The molecule has 0 saturated heterocycles. The maximum Gasteiger partial charge on any atom is 0.143 e. The molecule has 2 heterocycles. The summed E-state index contributed by atoms with van der Waals surface area (Å²) in [6.45, 7) is 9.60. The highest BCUT2D eigenvalue weighted by Gasteiger charge is 2.40. The van der Waals surface area contributed by atoms with Crippen LogP contribution < -0.4 is 0 Å². The maximum atomic E-state index is 7.35. The first-order chi connectivity index (χ1) is 55.1. The van der Waals surface area contributed by atoms with Gasteiger partial charge in [0.15, 0.2) is 0 Å². The summed E-state index contributed by atoms with van der Waals surface area (Å²) >= 11 is 0. The lowest BCUT2D eigenvalue weighted by Crippen LogP contribution is -2.15. The van der Waals surface area contributed by atoms with E-state index in [1.54, 1.807) is 0 Å². The van der Waals surface area contributed by atoms with Gasteiger partial charge in [0.05, 0.1) is 0 Å². The number of rotatable bonds is 7. The van der Waals surface area contributed by atoms with Gasteiger partial charge in [-0.2, -0.15) is 0 Å². The van der Waals surface area contributed by atoms with Crippen LogP contribution in [-0.2, 0) is 10.8 Å². The molecule has 0 radical (unpaired) electrons. The Labute approximate surface area is 647 Å². The molecule has 2 nitrogen and oxygen atoms in total. The van der Waals surface area contributed by atoms with Crippen LogP contribution in [0.15, 0.2) is 361 Å². The molecule has 0 atom stereocenters. The van der Waals surface area contributed by atoms with Crippen molar-refractivity contribution in [2.24, 2.45) is 0 Å². The average Bonchev–Trinajstić information content (AvgIpc) is 1.67. The van der Waals surface area contributed by atoms with Crippen molar-refractivity contribution in [1.29, 1.82) is 0 Å². The van der Waals surface area contributed by atoms with Gasteiger partial charge in [-0.05, 0) is 252 Å². The van der Waals surface area contributed by atoms with E-state index in [4.69, 9.17) is 8.83 Å². The molecule has 22 aromatic rings. The van der Waals surface area contributed by atoms with Crippen molar-refractivity contribution in [2.75, 3.05) is 0 Å². The minimum Gasteiger partial charge on any atom is -0.456 e. The van der Waals surface area contributed by atoms with E-state index in [9.17, 15) is 0 Å². The first-order valence-corrected chi connectivity index (χ1v) is 39.3. The van der Waals surface area contributed by atoms with Crippen LogP contribution in [0.2, 0.25) is 0 Å². The van der Waals surface area contributed by atoms with Gasteiger partial charge in [0, 0.05) is 43.3 Å². The summed E-state index contributed by atoms with van der Waals surface area (Å²) in [5, 5.41) is 24.1. The summed E-state index contributed by atoms with van der Waals surface area (Å²) in [6.07, 6.45) is 0. The highest BCUT2D eigenvalue weighted by Crippen LogP contribution is 2.58. The zero-order valence-electron chi connectivity index (χ0n) is 62.3. The minimum atomic E-state index is -0.308. The molecule has 522 valence electrons. The van der Waals surface area contributed by atoms with Gasteiger partial charge in [0.25, 0.3) is 0 Å². The molecule has 0 N–H and O–H groups in total. The van der Waals surface area contributed by atoms with Crippen LogP contribution in [0.5, 0.6) is 0 Å². The van der Waals surface area contributed by atoms with Crippen LogP contribution in [0.3, 0.4) is 0 Å². The van der Waals surface area contributed by atoms with E-state index >= 15 is 0 Å². The number of furan rings is 2. The number of hydrogen-bond donors (Lipinski definition) is 0. The summed E-state index contributed by atoms with van der Waals surface area (Å²) in [5.41, 5.74) is 30.4. The van der Waals surface area contributed by atoms with E-state index in [1.807, 2.05) is 0 Å². The molecule has 0 unspecified atom stereocenters. The summed E-state index contributed by atoms with van der Waals surface area (Å²) in [4.78, 5) is 0. The molecule has 0 saturated carbocycles. The van der Waals surface area contributed by atoms with E-state index in [0.29, 0.717) is 0 Å². The maximum absolute atomic E-state index is 7.35. The van der Waals surface area contributed by atoms with Crippen molar-refractivity contribution in [2.45, 2.75) is 38.5 Å². The van der Waals surface area contributed by atoms with E-state index in [2.05, 4.69) is 380 Å². The second-order valence-corrected chi connectivity index (χ2v) is 32.3. The van der Waals surface area contributed by atoms with E-state index in [-0.39, 0.29) is 10.8 Å². The van der Waals surface area contributed by atoms with Crippen LogP contribution in [0.25, 0.3) is 230 Å². The van der Waals surface area contributed by atoms with Crippen LogP contribution in [-0.4, -0.2) is 0 Å². The normalized spacial score (nSPS) is 13.5. The van der Waals surface area contributed by atoms with Crippen molar-refractivity contribution in [1.82, 2.24) is 0 Å². The molecule has 20 aromatic carbocycles. The van der Waals surface area contributed by atoms with Crippen molar-refractivity contribution < 1.29 is 8.83 Å². The molecule has 24 rings (SSSR count). The number of benzene rings is 20. The van der Waals surface area contributed by atoms with E-state index in [1.165, 1.54) is 187 Å². The zero-order valence-corrected chi connectivity index (χ0v) is 62.3. The molecule has 0 bridgehead atoms. The SMILES string of the molecule is CC1(C)c2cc(-c3c4ccccc4c(-c4ccc(-c5ccccc5)c5ccccc45)c4ccccc34)ccc2-c2cc3oc4ccc5ccc(-c6ccc7c(ccc8c9ccc%10c(c9oc78)-c7ccc(-c8c9ccccc9c(-c9ccc(-c%11ccccc%11)c%11ccccc9%11)c9ccccc89)cc7C%10(C)C)c6)cc5c4c3cc21. The molecule has 0 spiro atoms. The molecule has 112 heavy (non-hydrogen) atoms. The lowest BCUT2D eigenvalue weighted by Gasteiger charge is -2.23. The molecule has 2 aromatic heterocycles. The second kappa shape index (κ2) is 23.3. The zero-order chi connectivity index (χ0) is 74.0. The minimum absolute atomic E-state index is 0.297. The van der Waals surface area contributed by atoms with Gasteiger partial charge in [0.1, 0.15) is 22.3 Å². The van der Waals surface area contributed by atoms with Gasteiger partial charge in [0.2, 0.25) is 0 Å². The first-order valence-electron chi connectivity index (χ1n) is 39.3. The Balaban J connectivity index is 0.578. The van der Waals surface area contributed by atoms with Gasteiger partial charge in [-0.3, -0.25) is 0 Å². The fourth-order valence-corrected chi connectivity index (χ4v) is 20.6. The van der Waals surface area contributed by atoms with Crippen LogP contribution in [0.4, 0.5) is 0 Å². The van der Waals surface area contributed by atoms with Crippen LogP contribution in [0.1, 0.15) is 49.9 Å². The number of hydrogen-bond acceptors (Lipinski definition) is 2. The van der Waals surface area contributed by atoms with Crippen molar-refractivity contribution in [3.05, 3.63) is 374 Å². The Kier molecular flexibility index (Phi) is 13.1. The Morgan fingerprint density at radius 1 is 0.179 bits per heavy atom. The largest absolute Gasteiger partial charge is 0.456 e. The fraction of sp³-hybridized carbons (Fsp3) is 0.0545. The molecular weight excluding hydrogens is 1350 g/mol. The van der Waals surface area contributed by atoms with Crippen LogP contribution >= 0.6 is 0 Å². The third-order valence-corrected chi connectivity index (χ3v) is 25.8. The number of fused-ring (bicyclic) bond motifs is 23. The van der Waals surface area contributed by atoms with Crippen LogP contribution in [0, 0.1) is 0 Å². The second-order valence-electron chi connectivity index (χ2n) is 32.3. The topological polar surface area (TPSA) is 26.3 Å². The summed E-state index contributed by atoms with van der Waals surface area (Å²) in [6, 6.07) is 132. The average molecular weight is 1420 g/mol. The van der Waals surface area contributed by atoms with Crippen molar-refractivity contribution in [3.8, 4) is 100 Å². The third-order valence-electron chi connectivity index (χ3n) is 25.8. The van der Waals surface area contributed by atoms with Crippen molar-refractivity contribution in [3.63, 3.8) is 0 Å². The molecule has 0 amide bonds. The smallest absolute Gasteiger partial charge is 0.143 e. The highest BCUT2D eigenvalue weighted by molar-refractivity contribution is 6.28. The highest BCUT2D eigenvalue weighted by atomic mass is 16.3. The Hall–Kier alpha value is -13.9.